The lowest BCUT2D eigenvalue weighted by molar-refractivity contribution is 0.170. The van der Waals surface area contributed by atoms with Crippen molar-refractivity contribution in [2.24, 2.45) is 0 Å². The number of aryl methyl sites for hydroxylation is 2. The molecule has 0 fully saturated rings. The smallest absolute Gasteiger partial charge is 0.175 e. The molecule has 0 unspecified atom stereocenters. The first-order valence-electron chi connectivity index (χ1n) is 6.98. The molecule has 1 aromatic carbocycles. The number of nitrogens with one attached hydrogen (secondary N) is 1. The van der Waals surface area contributed by atoms with Gasteiger partial charge in [0.25, 0.3) is 0 Å². The largest absolute Gasteiger partial charge is 0.486 e. The van der Waals surface area contributed by atoms with Crippen molar-refractivity contribution in [3.05, 3.63) is 43.6 Å². The number of hydrogen-bond acceptors (Lipinski definition) is 4. The zero-order valence-electron chi connectivity index (χ0n) is 12.2. The summed E-state index contributed by atoms with van der Waals surface area (Å²) in [7, 11) is 0. The molecule has 1 aromatic heterocycles. The lowest BCUT2D eigenvalue weighted by Crippen LogP contribution is -2.17. The van der Waals surface area contributed by atoms with Crippen LogP contribution in [0.3, 0.4) is 0 Å². The lowest BCUT2D eigenvalue weighted by Gasteiger charge is -2.20. The van der Waals surface area contributed by atoms with Gasteiger partial charge in [0.1, 0.15) is 13.2 Å². The molecule has 112 valence electrons. The molecule has 1 aliphatic rings. The van der Waals surface area contributed by atoms with Gasteiger partial charge in [-0.1, -0.05) is 0 Å². The third kappa shape index (κ3) is 3.42. The number of thiophene rings is 1. The maximum Gasteiger partial charge on any atom is 0.175 e. The molecule has 1 aliphatic heterocycles. The Bertz CT molecular complexity index is 634. The second-order valence-electron chi connectivity index (χ2n) is 5.16. The maximum atomic E-state index is 5.65. The van der Waals surface area contributed by atoms with E-state index in [1.165, 1.54) is 20.9 Å². The number of rotatable bonds is 4. The predicted octanol–water partition coefficient (Wildman–Crippen LogP) is 4.19. The van der Waals surface area contributed by atoms with Crippen molar-refractivity contribution in [1.82, 2.24) is 5.32 Å². The van der Waals surface area contributed by atoms with Crippen molar-refractivity contribution in [1.29, 1.82) is 0 Å². The molecule has 0 radical (unpaired) electrons. The Morgan fingerprint density at radius 2 is 1.95 bits per heavy atom. The summed E-state index contributed by atoms with van der Waals surface area (Å²) in [6, 6.07) is 6.40. The van der Waals surface area contributed by atoms with Gasteiger partial charge in [-0.3, -0.25) is 0 Å². The van der Waals surface area contributed by atoms with Crippen molar-refractivity contribution in [3.8, 4) is 11.5 Å². The molecule has 21 heavy (non-hydrogen) atoms. The van der Waals surface area contributed by atoms with Gasteiger partial charge < -0.3 is 14.8 Å². The van der Waals surface area contributed by atoms with Crippen LogP contribution in [0.15, 0.2) is 22.7 Å². The summed E-state index contributed by atoms with van der Waals surface area (Å²) in [5.74, 6) is 1.64. The van der Waals surface area contributed by atoms with Crippen molar-refractivity contribution in [2.45, 2.75) is 26.9 Å². The van der Waals surface area contributed by atoms with Gasteiger partial charge in [0.15, 0.2) is 11.5 Å². The Labute approximate surface area is 137 Å². The monoisotopic (exact) mass is 367 g/mol. The SMILES string of the molecule is Cc1cc(CNCc2cc(Br)c3c(c2)OCCO3)sc1C. The quantitative estimate of drug-likeness (QED) is 0.878. The van der Waals surface area contributed by atoms with Crippen LogP contribution in [0.2, 0.25) is 0 Å². The Balaban J connectivity index is 1.64. The molecule has 3 rings (SSSR count). The molecule has 1 N–H and O–H groups in total. The average Bonchev–Trinajstić information content (AvgIpc) is 2.78. The van der Waals surface area contributed by atoms with Crippen LogP contribution in [0, 0.1) is 13.8 Å². The fourth-order valence-corrected chi connectivity index (χ4v) is 3.96. The van der Waals surface area contributed by atoms with Gasteiger partial charge in [-0.05, 0) is 59.1 Å². The molecule has 2 heterocycles. The Hall–Kier alpha value is -1.04. The second kappa shape index (κ2) is 6.38. The molecule has 0 amide bonds. The van der Waals surface area contributed by atoms with Gasteiger partial charge in [0, 0.05) is 22.8 Å². The standard InChI is InChI=1S/C16H18BrNO2S/c1-10-5-13(21-11(10)2)9-18-8-12-6-14(17)16-15(7-12)19-3-4-20-16/h5-7,18H,3-4,8-9H2,1-2H3. The zero-order chi connectivity index (χ0) is 14.8. The number of halogens is 1. The highest BCUT2D eigenvalue weighted by atomic mass is 79.9. The van der Waals surface area contributed by atoms with Crippen LogP contribution < -0.4 is 14.8 Å². The molecule has 5 heteroatoms. The second-order valence-corrected chi connectivity index (χ2v) is 7.35. The van der Waals surface area contributed by atoms with Crippen LogP contribution >= 0.6 is 27.3 Å². The Kier molecular flexibility index (Phi) is 4.52. The lowest BCUT2D eigenvalue weighted by atomic mass is 10.2. The van der Waals surface area contributed by atoms with E-state index in [9.17, 15) is 0 Å². The van der Waals surface area contributed by atoms with Crippen molar-refractivity contribution in [3.63, 3.8) is 0 Å². The summed E-state index contributed by atoms with van der Waals surface area (Å²) in [6.45, 7) is 7.26. The van der Waals surface area contributed by atoms with E-state index in [-0.39, 0.29) is 0 Å². The molecular formula is C16H18BrNO2S. The Morgan fingerprint density at radius 3 is 2.71 bits per heavy atom. The first-order valence-corrected chi connectivity index (χ1v) is 8.59. The van der Waals surface area contributed by atoms with Crippen LogP contribution in [0.1, 0.15) is 20.9 Å². The highest BCUT2D eigenvalue weighted by Gasteiger charge is 2.16. The van der Waals surface area contributed by atoms with E-state index in [1.54, 1.807) is 0 Å². The Morgan fingerprint density at radius 1 is 1.14 bits per heavy atom. The minimum atomic E-state index is 0.611. The third-order valence-electron chi connectivity index (χ3n) is 3.50. The first kappa shape index (κ1) is 14.9. The molecule has 0 atom stereocenters. The molecule has 0 spiro atoms. The fraction of sp³-hybridized carbons (Fsp3) is 0.375. The highest BCUT2D eigenvalue weighted by Crippen LogP contribution is 2.38. The third-order valence-corrected chi connectivity index (χ3v) is 5.24. The van der Waals surface area contributed by atoms with E-state index in [0.29, 0.717) is 13.2 Å². The van der Waals surface area contributed by atoms with Crippen molar-refractivity contribution < 1.29 is 9.47 Å². The van der Waals surface area contributed by atoms with E-state index in [1.807, 2.05) is 11.3 Å². The molecule has 0 saturated carbocycles. The highest BCUT2D eigenvalue weighted by molar-refractivity contribution is 9.10. The van der Waals surface area contributed by atoms with Crippen LogP contribution in [0.5, 0.6) is 11.5 Å². The van der Waals surface area contributed by atoms with E-state index < -0.39 is 0 Å². The molecule has 2 aromatic rings. The van der Waals surface area contributed by atoms with Crippen molar-refractivity contribution >= 4 is 27.3 Å². The van der Waals surface area contributed by atoms with Gasteiger partial charge in [-0.2, -0.15) is 0 Å². The average molecular weight is 368 g/mol. The minimum Gasteiger partial charge on any atom is -0.486 e. The summed E-state index contributed by atoms with van der Waals surface area (Å²) < 4.78 is 12.2. The molecule has 0 bridgehead atoms. The molecule has 0 saturated heterocycles. The van der Waals surface area contributed by atoms with Crippen LogP contribution in [-0.2, 0) is 13.1 Å². The molecular weight excluding hydrogens is 350 g/mol. The minimum absolute atomic E-state index is 0.611. The van der Waals surface area contributed by atoms with E-state index in [4.69, 9.17) is 9.47 Å². The number of hydrogen-bond donors (Lipinski definition) is 1. The summed E-state index contributed by atoms with van der Waals surface area (Å²) in [6.07, 6.45) is 0. The normalized spacial score (nSPS) is 13.5. The summed E-state index contributed by atoms with van der Waals surface area (Å²) in [5, 5.41) is 3.49. The first-order chi connectivity index (χ1) is 10.1. The van der Waals surface area contributed by atoms with Crippen LogP contribution in [-0.4, -0.2) is 13.2 Å². The van der Waals surface area contributed by atoms with Gasteiger partial charge >= 0.3 is 0 Å². The zero-order valence-corrected chi connectivity index (χ0v) is 14.6. The predicted molar refractivity (Wildman–Crippen MR) is 89.5 cm³/mol. The number of fused-ring (bicyclic) bond motifs is 1. The van der Waals surface area contributed by atoms with Crippen LogP contribution in [0.4, 0.5) is 0 Å². The van der Waals surface area contributed by atoms with Gasteiger partial charge in [0.2, 0.25) is 0 Å². The van der Waals surface area contributed by atoms with Crippen LogP contribution in [0.25, 0.3) is 0 Å². The summed E-state index contributed by atoms with van der Waals surface area (Å²) >= 11 is 5.41. The van der Waals surface area contributed by atoms with E-state index in [0.717, 1.165) is 29.1 Å². The molecule has 0 aliphatic carbocycles. The summed E-state index contributed by atoms with van der Waals surface area (Å²) in [5.41, 5.74) is 2.56. The van der Waals surface area contributed by atoms with Gasteiger partial charge in [-0.25, -0.2) is 0 Å². The van der Waals surface area contributed by atoms with Gasteiger partial charge in [-0.15, -0.1) is 11.3 Å². The van der Waals surface area contributed by atoms with Gasteiger partial charge in [0.05, 0.1) is 4.47 Å². The number of benzene rings is 1. The van der Waals surface area contributed by atoms with Crippen molar-refractivity contribution in [2.75, 3.05) is 13.2 Å². The summed E-state index contributed by atoms with van der Waals surface area (Å²) in [4.78, 5) is 2.77. The fourth-order valence-electron chi connectivity index (χ4n) is 2.33. The van der Waals surface area contributed by atoms with E-state index in [2.05, 4.69) is 53.3 Å². The molecule has 3 nitrogen and oxygen atoms in total. The maximum absolute atomic E-state index is 5.65. The van der Waals surface area contributed by atoms with E-state index >= 15 is 0 Å². The topological polar surface area (TPSA) is 30.5 Å². The number of ether oxygens (including phenoxy) is 2.